The van der Waals surface area contributed by atoms with Gasteiger partial charge in [-0.15, -0.1) is 0 Å². The molecule has 6 nitrogen and oxygen atoms in total. The summed E-state index contributed by atoms with van der Waals surface area (Å²) in [7, 11) is 1.68. The molecule has 23 heavy (non-hydrogen) atoms. The molecule has 0 saturated carbocycles. The Kier molecular flexibility index (Phi) is 6.00. The molecule has 0 bridgehead atoms. The highest BCUT2D eigenvalue weighted by molar-refractivity contribution is 5.91. The maximum absolute atomic E-state index is 13.5. The van der Waals surface area contributed by atoms with E-state index < -0.39 is 23.2 Å². The number of morpholine rings is 1. The first-order chi connectivity index (χ1) is 11.0. The van der Waals surface area contributed by atoms with Gasteiger partial charge >= 0.3 is 0 Å². The van der Waals surface area contributed by atoms with Crippen molar-refractivity contribution in [1.29, 1.82) is 0 Å². The minimum Gasteiger partial charge on any atom is -0.378 e. The highest BCUT2D eigenvalue weighted by Gasteiger charge is 2.22. The van der Waals surface area contributed by atoms with Crippen molar-refractivity contribution in [2.75, 3.05) is 51.8 Å². The van der Waals surface area contributed by atoms with Crippen molar-refractivity contribution in [3.8, 4) is 0 Å². The SMILES string of the molecule is C[NH+](CC(=O)Nc1c(F)cccc1F)CC(=O)N1CCOCC1. The van der Waals surface area contributed by atoms with Gasteiger partial charge in [-0.2, -0.15) is 0 Å². The van der Waals surface area contributed by atoms with Crippen molar-refractivity contribution in [2.24, 2.45) is 0 Å². The number of anilines is 1. The van der Waals surface area contributed by atoms with Crippen LogP contribution in [0.3, 0.4) is 0 Å². The molecule has 1 aliphatic rings. The summed E-state index contributed by atoms with van der Waals surface area (Å²) in [5.74, 6) is -2.29. The number of ether oxygens (including phenoxy) is 1. The van der Waals surface area contributed by atoms with Crippen molar-refractivity contribution in [3.05, 3.63) is 29.8 Å². The highest BCUT2D eigenvalue weighted by Crippen LogP contribution is 2.17. The van der Waals surface area contributed by atoms with E-state index in [1.165, 1.54) is 6.07 Å². The largest absolute Gasteiger partial charge is 0.378 e. The van der Waals surface area contributed by atoms with Crippen molar-refractivity contribution in [2.45, 2.75) is 0 Å². The Bertz CT molecular complexity index is 557. The normalized spacial score (nSPS) is 16.0. The number of benzene rings is 1. The molecule has 1 heterocycles. The van der Waals surface area contributed by atoms with E-state index in [0.29, 0.717) is 31.2 Å². The van der Waals surface area contributed by atoms with Crippen LogP contribution < -0.4 is 10.2 Å². The van der Waals surface area contributed by atoms with Crippen LogP contribution >= 0.6 is 0 Å². The average Bonchev–Trinajstić information content (AvgIpc) is 2.51. The van der Waals surface area contributed by atoms with Gasteiger partial charge in [0.05, 0.1) is 20.3 Å². The maximum Gasteiger partial charge on any atom is 0.279 e. The Labute approximate surface area is 133 Å². The molecule has 8 heteroatoms. The van der Waals surface area contributed by atoms with Crippen LogP contribution in [0.1, 0.15) is 0 Å². The number of hydrogen-bond donors (Lipinski definition) is 2. The molecule has 0 aromatic heterocycles. The Morgan fingerprint density at radius 2 is 1.83 bits per heavy atom. The molecule has 1 aliphatic heterocycles. The molecule has 1 aromatic rings. The predicted molar refractivity (Wildman–Crippen MR) is 79.0 cm³/mol. The van der Waals surface area contributed by atoms with Gasteiger partial charge in [0.25, 0.3) is 11.8 Å². The molecule has 1 fully saturated rings. The molecule has 0 spiro atoms. The van der Waals surface area contributed by atoms with E-state index in [9.17, 15) is 18.4 Å². The summed E-state index contributed by atoms with van der Waals surface area (Å²) < 4.78 is 32.1. The Morgan fingerprint density at radius 1 is 1.22 bits per heavy atom. The number of rotatable bonds is 5. The monoisotopic (exact) mass is 328 g/mol. The van der Waals surface area contributed by atoms with E-state index in [-0.39, 0.29) is 19.0 Å². The molecule has 1 aromatic carbocycles. The fraction of sp³-hybridized carbons (Fsp3) is 0.467. The third-order valence-corrected chi connectivity index (χ3v) is 3.51. The van der Waals surface area contributed by atoms with Gasteiger partial charge in [0, 0.05) is 13.1 Å². The molecule has 1 unspecified atom stereocenters. The second-order valence-electron chi connectivity index (χ2n) is 5.45. The first-order valence-corrected chi connectivity index (χ1v) is 7.38. The van der Waals surface area contributed by atoms with Crippen LogP contribution in [0.2, 0.25) is 0 Å². The van der Waals surface area contributed by atoms with E-state index in [4.69, 9.17) is 4.74 Å². The number of likely N-dealkylation sites (N-methyl/N-ethyl adjacent to an activating group) is 1. The summed E-state index contributed by atoms with van der Waals surface area (Å²) in [6.45, 7) is 2.17. The van der Waals surface area contributed by atoms with Crippen molar-refractivity contribution >= 4 is 17.5 Å². The average molecular weight is 328 g/mol. The third-order valence-electron chi connectivity index (χ3n) is 3.51. The molecule has 1 saturated heterocycles. The van der Waals surface area contributed by atoms with E-state index in [1.807, 2.05) is 0 Å². The minimum atomic E-state index is -0.833. The minimum absolute atomic E-state index is 0.0656. The van der Waals surface area contributed by atoms with Crippen LogP contribution in [-0.4, -0.2) is 63.2 Å². The first-order valence-electron chi connectivity index (χ1n) is 7.38. The van der Waals surface area contributed by atoms with Gasteiger partial charge in [-0.25, -0.2) is 8.78 Å². The van der Waals surface area contributed by atoms with Crippen LogP contribution in [0.4, 0.5) is 14.5 Å². The summed E-state index contributed by atoms with van der Waals surface area (Å²) in [6, 6.07) is 3.35. The molecule has 2 N–H and O–H groups in total. The zero-order valence-corrected chi connectivity index (χ0v) is 12.9. The van der Waals surface area contributed by atoms with Gasteiger partial charge in [0.15, 0.2) is 13.1 Å². The molecule has 0 aliphatic carbocycles. The summed E-state index contributed by atoms with van der Waals surface area (Å²) in [6.07, 6.45) is 0. The van der Waals surface area contributed by atoms with Crippen LogP contribution in [0.15, 0.2) is 18.2 Å². The van der Waals surface area contributed by atoms with Crippen LogP contribution in [0.5, 0.6) is 0 Å². The van der Waals surface area contributed by atoms with Gasteiger partial charge in [0.2, 0.25) is 0 Å². The summed E-state index contributed by atoms with van der Waals surface area (Å²) in [4.78, 5) is 26.2. The molecule has 2 rings (SSSR count). The quantitative estimate of drug-likeness (QED) is 0.750. The molecular formula is C15H20F2N3O3+. The zero-order valence-electron chi connectivity index (χ0n) is 12.9. The lowest BCUT2D eigenvalue weighted by Gasteiger charge is -2.27. The van der Waals surface area contributed by atoms with Crippen molar-refractivity contribution in [3.63, 3.8) is 0 Å². The standard InChI is InChI=1S/C15H19F2N3O3/c1-19(10-14(22)20-5-7-23-8-6-20)9-13(21)18-15-11(16)3-2-4-12(15)17/h2-4H,5-10H2,1H3,(H,18,21)/p+1. The van der Waals surface area contributed by atoms with Gasteiger partial charge in [-0.1, -0.05) is 6.07 Å². The molecule has 0 radical (unpaired) electrons. The zero-order chi connectivity index (χ0) is 16.8. The van der Waals surface area contributed by atoms with Gasteiger partial charge < -0.3 is 19.9 Å². The lowest BCUT2D eigenvalue weighted by molar-refractivity contribution is -0.862. The molecule has 2 amide bonds. The lowest BCUT2D eigenvalue weighted by atomic mass is 10.3. The molecule has 1 atom stereocenters. The Morgan fingerprint density at radius 3 is 2.43 bits per heavy atom. The fourth-order valence-corrected chi connectivity index (χ4v) is 2.32. The van der Waals surface area contributed by atoms with Crippen LogP contribution in [-0.2, 0) is 14.3 Å². The van der Waals surface area contributed by atoms with Crippen LogP contribution in [0, 0.1) is 11.6 Å². The highest BCUT2D eigenvalue weighted by atomic mass is 19.1. The van der Waals surface area contributed by atoms with E-state index >= 15 is 0 Å². The lowest BCUT2D eigenvalue weighted by Crippen LogP contribution is -3.11. The molecule has 126 valence electrons. The second-order valence-corrected chi connectivity index (χ2v) is 5.45. The number of hydrogen-bond acceptors (Lipinski definition) is 3. The van der Waals surface area contributed by atoms with Gasteiger partial charge in [0.1, 0.15) is 17.3 Å². The number of carbonyl (C=O) groups excluding carboxylic acids is 2. The Hall–Kier alpha value is -2.06. The third kappa shape index (κ3) is 4.97. The van der Waals surface area contributed by atoms with Gasteiger partial charge in [-0.3, -0.25) is 9.59 Å². The number of nitrogens with one attached hydrogen (secondary N) is 2. The van der Waals surface area contributed by atoms with E-state index in [1.54, 1.807) is 11.9 Å². The topological polar surface area (TPSA) is 63.1 Å². The van der Waals surface area contributed by atoms with Gasteiger partial charge in [-0.05, 0) is 12.1 Å². The first kappa shape index (κ1) is 17.3. The summed E-state index contributed by atoms with van der Waals surface area (Å²) in [5, 5.41) is 2.21. The summed E-state index contributed by atoms with van der Waals surface area (Å²) >= 11 is 0. The van der Waals surface area contributed by atoms with E-state index in [0.717, 1.165) is 12.1 Å². The van der Waals surface area contributed by atoms with Crippen LogP contribution in [0.25, 0.3) is 0 Å². The number of nitrogens with zero attached hydrogens (tertiary/aromatic N) is 1. The van der Waals surface area contributed by atoms with Crippen molar-refractivity contribution in [1.82, 2.24) is 4.90 Å². The number of para-hydroxylation sites is 1. The van der Waals surface area contributed by atoms with E-state index in [2.05, 4.69) is 5.32 Å². The molecular weight excluding hydrogens is 308 g/mol. The summed E-state index contributed by atoms with van der Waals surface area (Å²) in [5.41, 5.74) is -0.468. The second kappa shape index (κ2) is 7.98. The number of quaternary nitrogens is 1. The Balaban J connectivity index is 1.83. The van der Waals surface area contributed by atoms with Crippen molar-refractivity contribution < 1.29 is 28.0 Å². The fourth-order valence-electron chi connectivity index (χ4n) is 2.32. The number of carbonyl (C=O) groups is 2. The number of amides is 2. The smallest absolute Gasteiger partial charge is 0.279 e. The predicted octanol–water partition coefficient (Wildman–Crippen LogP) is -0.723. The number of halogens is 2. The maximum atomic E-state index is 13.5.